The van der Waals surface area contributed by atoms with Gasteiger partial charge in [0.15, 0.2) is 0 Å². The third-order valence-corrected chi connectivity index (χ3v) is 5.71. The van der Waals surface area contributed by atoms with E-state index < -0.39 is 37.6 Å². The Bertz CT molecular complexity index is 703. The number of carbonyl (C=O) groups is 1. The maximum atomic E-state index is 12.8. The minimum atomic E-state index is -4.74. The summed E-state index contributed by atoms with van der Waals surface area (Å²) in [5, 5.41) is -0.561. The van der Waals surface area contributed by atoms with E-state index in [1.165, 1.54) is 0 Å². The fourth-order valence-corrected chi connectivity index (χ4v) is 4.01. The SMILES string of the molecule is C[C@H]1CN(S(=O)(=O)c2ccc(Cl)c(C(F)(F)F)c2)CCC1=O. The number of rotatable bonds is 2. The van der Waals surface area contributed by atoms with Gasteiger partial charge < -0.3 is 0 Å². The highest BCUT2D eigenvalue weighted by Gasteiger charge is 2.37. The van der Waals surface area contributed by atoms with E-state index in [1.54, 1.807) is 6.92 Å². The summed E-state index contributed by atoms with van der Waals surface area (Å²) < 4.78 is 64.4. The predicted molar refractivity (Wildman–Crippen MR) is 74.0 cm³/mol. The van der Waals surface area contributed by atoms with Gasteiger partial charge in [-0.3, -0.25) is 4.79 Å². The molecule has 2 rings (SSSR count). The Labute approximate surface area is 130 Å². The molecule has 1 heterocycles. The van der Waals surface area contributed by atoms with Gasteiger partial charge in [0.1, 0.15) is 5.78 Å². The predicted octanol–water partition coefficient (Wildman–Crippen LogP) is 2.96. The molecular weight excluding hydrogens is 343 g/mol. The molecule has 0 aliphatic carbocycles. The fourth-order valence-electron chi connectivity index (χ4n) is 2.23. The van der Waals surface area contributed by atoms with Crippen LogP contribution in [0.25, 0.3) is 0 Å². The first kappa shape index (κ1) is 17.2. The van der Waals surface area contributed by atoms with Crippen molar-refractivity contribution in [2.45, 2.75) is 24.4 Å². The van der Waals surface area contributed by atoms with Crippen LogP contribution in [0.1, 0.15) is 18.9 Å². The van der Waals surface area contributed by atoms with Crippen molar-refractivity contribution in [3.05, 3.63) is 28.8 Å². The molecule has 0 radical (unpaired) electrons. The molecule has 0 aromatic heterocycles. The van der Waals surface area contributed by atoms with Crippen LogP contribution >= 0.6 is 11.6 Å². The molecule has 0 amide bonds. The number of nitrogens with zero attached hydrogens (tertiary/aromatic N) is 1. The van der Waals surface area contributed by atoms with Gasteiger partial charge in [0, 0.05) is 25.4 Å². The second-order valence-electron chi connectivity index (χ2n) is 5.12. The molecule has 22 heavy (non-hydrogen) atoms. The summed E-state index contributed by atoms with van der Waals surface area (Å²) in [5.74, 6) is -0.531. The number of piperidine rings is 1. The standard InChI is InChI=1S/C13H13ClF3NO3S/c1-8-7-18(5-4-12(8)19)22(20,21)9-2-3-11(14)10(6-9)13(15,16)17/h2-3,6,8H,4-5,7H2,1H3/t8-/m0/s1. The average Bonchev–Trinajstić information content (AvgIpc) is 2.40. The summed E-state index contributed by atoms with van der Waals surface area (Å²) in [5.41, 5.74) is -1.20. The van der Waals surface area contributed by atoms with Crippen LogP contribution in [0.2, 0.25) is 5.02 Å². The first-order valence-electron chi connectivity index (χ1n) is 6.43. The zero-order valence-corrected chi connectivity index (χ0v) is 13.1. The smallest absolute Gasteiger partial charge is 0.299 e. The van der Waals surface area contributed by atoms with Crippen molar-refractivity contribution < 1.29 is 26.4 Å². The number of benzene rings is 1. The number of alkyl halides is 3. The molecule has 1 fully saturated rings. The van der Waals surface area contributed by atoms with Gasteiger partial charge in [-0.25, -0.2) is 8.42 Å². The van der Waals surface area contributed by atoms with Crippen molar-refractivity contribution in [3.8, 4) is 0 Å². The number of carbonyl (C=O) groups excluding carboxylic acids is 1. The third kappa shape index (κ3) is 3.28. The Kier molecular flexibility index (Phi) is 4.56. The Morgan fingerprint density at radius 2 is 1.95 bits per heavy atom. The molecular formula is C13H13ClF3NO3S. The summed E-state index contributed by atoms with van der Waals surface area (Å²) in [7, 11) is -4.10. The molecule has 1 aromatic carbocycles. The van der Waals surface area contributed by atoms with E-state index in [1.807, 2.05) is 0 Å². The summed E-state index contributed by atoms with van der Waals surface area (Å²) in [6.45, 7) is 1.52. The summed E-state index contributed by atoms with van der Waals surface area (Å²) >= 11 is 5.49. The van der Waals surface area contributed by atoms with Gasteiger partial charge in [0.25, 0.3) is 0 Å². The molecule has 1 saturated heterocycles. The van der Waals surface area contributed by atoms with Crippen LogP contribution in [0.3, 0.4) is 0 Å². The number of ketones is 1. The van der Waals surface area contributed by atoms with Crippen molar-refractivity contribution in [1.29, 1.82) is 0 Å². The Balaban J connectivity index is 2.40. The zero-order valence-electron chi connectivity index (χ0n) is 11.5. The molecule has 1 atom stereocenters. The second-order valence-corrected chi connectivity index (χ2v) is 7.46. The highest BCUT2D eigenvalue weighted by atomic mass is 35.5. The number of hydrogen-bond donors (Lipinski definition) is 0. The zero-order chi connectivity index (χ0) is 16.7. The Morgan fingerprint density at radius 3 is 2.50 bits per heavy atom. The Hall–Kier alpha value is -1.12. The van der Waals surface area contributed by atoms with E-state index in [-0.39, 0.29) is 25.3 Å². The van der Waals surface area contributed by atoms with Crippen LogP contribution in [0, 0.1) is 5.92 Å². The molecule has 1 aromatic rings. The number of hydrogen-bond acceptors (Lipinski definition) is 3. The lowest BCUT2D eigenvalue weighted by Gasteiger charge is -2.29. The molecule has 0 spiro atoms. The van der Waals surface area contributed by atoms with Crippen molar-refractivity contribution >= 4 is 27.4 Å². The van der Waals surface area contributed by atoms with E-state index in [0.717, 1.165) is 16.4 Å². The monoisotopic (exact) mass is 355 g/mol. The van der Waals surface area contributed by atoms with E-state index >= 15 is 0 Å². The second kappa shape index (κ2) is 5.82. The molecule has 9 heteroatoms. The van der Waals surface area contributed by atoms with Crippen LogP contribution in [0.5, 0.6) is 0 Å². The number of sulfonamides is 1. The van der Waals surface area contributed by atoms with Crippen LogP contribution < -0.4 is 0 Å². The number of halogens is 4. The largest absolute Gasteiger partial charge is 0.417 e. The first-order chi connectivity index (χ1) is 10.0. The molecule has 0 N–H and O–H groups in total. The lowest BCUT2D eigenvalue weighted by Crippen LogP contribution is -2.43. The molecule has 4 nitrogen and oxygen atoms in total. The van der Waals surface area contributed by atoms with E-state index in [9.17, 15) is 26.4 Å². The lowest BCUT2D eigenvalue weighted by atomic mass is 10.0. The maximum absolute atomic E-state index is 12.8. The molecule has 1 aliphatic heterocycles. The van der Waals surface area contributed by atoms with Gasteiger partial charge in [-0.15, -0.1) is 0 Å². The van der Waals surface area contributed by atoms with Crippen molar-refractivity contribution in [2.75, 3.05) is 13.1 Å². The molecule has 0 unspecified atom stereocenters. The first-order valence-corrected chi connectivity index (χ1v) is 8.25. The maximum Gasteiger partial charge on any atom is 0.417 e. The minimum Gasteiger partial charge on any atom is -0.299 e. The van der Waals surface area contributed by atoms with E-state index in [2.05, 4.69) is 0 Å². The third-order valence-electron chi connectivity index (χ3n) is 3.52. The number of Topliss-reactive ketones (excluding diaryl/α,β-unsaturated/α-hetero) is 1. The summed E-state index contributed by atoms with van der Waals surface area (Å²) in [6, 6.07) is 2.47. The molecule has 0 bridgehead atoms. The summed E-state index contributed by atoms with van der Waals surface area (Å²) in [6.07, 6.45) is -4.69. The molecule has 1 aliphatic rings. The van der Waals surface area contributed by atoms with Crippen LogP contribution in [-0.2, 0) is 21.0 Å². The fraction of sp³-hybridized carbons (Fsp3) is 0.462. The Morgan fingerprint density at radius 1 is 1.32 bits per heavy atom. The van der Waals surface area contributed by atoms with Crippen LogP contribution in [0.4, 0.5) is 13.2 Å². The highest BCUT2D eigenvalue weighted by Crippen LogP contribution is 2.36. The van der Waals surface area contributed by atoms with Gasteiger partial charge >= 0.3 is 6.18 Å². The molecule has 0 saturated carbocycles. The van der Waals surface area contributed by atoms with E-state index in [0.29, 0.717) is 6.07 Å². The topological polar surface area (TPSA) is 54.5 Å². The quantitative estimate of drug-likeness (QED) is 0.819. The average molecular weight is 356 g/mol. The van der Waals surface area contributed by atoms with Crippen molar-refractivity contribution in [1.82, 2.24) is 4.31 Å². The summed E-state index contributed by atoms with van der Waals surface area (Å²) in [4.78, 5) is 11.0. The highest BCUT2D eigenvalue weighted by molar-refractivity contribution is 7.89. The van der Waals surface area contributed by atoms with Gasteiger partial charge in [-0.2, -0.15) is 17.5 Å². The normalized spacial score (nSPS) is 21.1. The van der Waals surface area contributed by atoms with Gasteiger partial charge in [0.2, 0.25) is 10.0 Å². The van der Waals surface area contributed by atoms with Crippen molar-refractivity contribution in [3.63, 3.8) is 0 Å². The lowest BCUT2D eigenvalue weighted by molar-refractivity contribution is -0.137. The molecule has 122 valence electrons. The van der Waals surface area contributed by atoms with Crippen LogP contribution in [0.15, 0.2) is 23.1 Å². The van der Waals surface area contributed by atoms with Crippen LogP contribution in [-0.4, -0.2) is 31.6 Å². The minimum absolute atomic E-state index is 0.0323. The van der Waals surface area contributed by atoms with Crippen molar-refractivity contribution in [2.24, 2.45) is 5.92 Å². The van der Waals surface area contributed by atoms with E-state index in [4.69, 9.17) is 11.6 Å². The van der Waals surface area contributed by atoms with Gasteiger partial charge in [0.05, 0.1) is 15.5 Å². The van der Waals surface area contributed by atoms with Gasteiger partial charge in [-0.05, 0) is 18.2 Å². The van der Waals surface area contributed by atoms with Gasteiger partial charge in [-0.1, -0.05) is 18.5 Å².